The van der Waals surface area contributed by atoms with Crippen LogP contribution in [0.1, 0.15) is 27.7 Å². The molecule has 20 heavy (non-hydrogen) atoms. The Morgan fingerprint density at radius 2 is 1.75 bits per heavy atom. The highest BCUT2D eigenvalue weighted by molar-refractivity contribution is 5.93. The van der Waals surface area contributed by atoms with E-state index in [0.29, 0.717) is 11.4 Å². The first-order valence-corrected chi connectivity index (χ1v) is 6.30. The lowest BCUT2D eigenvalue weighted by Gasteiger charge is -2.21. The zero-order chi connectivity index (χ0) is 15.3. The molecule has 0 aliphatic heterocycles. The number of carboxylic acid groups (broad SMARTS) is 1. The molecule has 0 bridgehead atoms. The number of carboxylic acids is 1. The third-order valence-electron chi connectivity index (χ3n) is 2.44. The molecule has 0 radical (unpaired) electrons. The normalized spacial score (nSPS) is 11.1. The number of carbonyl (C=O) groups is 2. The Morgan fingerprint density at radius 1 is 1.20 bits per heavy atom. The fourth-order valence-electron chi connectivity index (χ4n) is 1.39. The lowest BCUT2D eigenvalue weighted by Crippen LogP contribution is -2.51. The van der Waals surface area contributed by atoms with Gasteiger partial charge in [0.1, 0.15) is 11.3 Å². The molecular formula is C14H20N2O4. The molecule has 0 atom stereocenters. The van der Waals surface area contributed by atoms with Gasteiger partial charge < -0.3 is 20.5 Å². The summed E-state index contributed by atoms with van der Waals surface area (Å²) in [4.78, 5) is 22.6. The van der Waals surface area contributed by atoms with Crippen LogP contribution in [0.2, 0.25) is 0 Å². The minimum absolute atomic E-state index is 0.0773. The van der Waals surface area contributed by atoms with Gasteiger partial charge in [-0.05, 0) is 52.0 Å². The van der Waals surface area contributed by atoms with Crippen molar-refractivity contribution < 1.29 is 19.4 Å². The van der Waals surface area contributed by atoms with E-state index in [1.54, 1.807) is 24.3 Å². The second-order valence-corrected chi connectivity index (χ2v) is 5.20. The van der Waals surface area contributed by atoms with E-state index in [4.69, 9.17) is 9.84 Å². The van der Waals surface area contributed by atoms with Gasteiger partial charge in [-0.1, -0.05) is 0 Å². The van der Waals surface area contributed by atoms with Crippen molar-refractivity contribution in [3.8, 4) is 5.75 Å². The largest absolute Gasteiger partial charge is 0.491 e. The van der Waals surface area contributed by atoms with Crippen LogP contribution >= 0.6 is 0 Å². The number of ether oxygens (including phenoxy) is 1. The zero-order valence-electron chi connectivity index (χ0n) is 12.1. The number of hydrogen-bond acceptors (Lipinski definition) is 3. The lowest BCUT2D eigenvalue weighted by atomic mass is 10.1. The smallest absolute Gasteiger partial charge is 0.328 e. The van der Waals surface area contributed by atoms with Gasteiger partial charge in [-0.2, -0.15) is 0 Å². The summed E-state index contributed by atoms with van der Waals surface area (Å²) in [6, 6.07) is 6.27. The van der Waals surface area contributed by atoms with Crippen LogP contribution in [0.15, 0.2) is 24.3 Å². The van der Waals surface area contributed by atoms with Gasteiger partial charge >= 0.3 is 12.0 Å². The summed E-state index contributed by atoms with van der Waals surface area (Å²) in [7, 11) is 0. The van der Waals surface area contributed by atoms with Gasteiger partial charge in [-0.15, -0.1) is 0 Å². The quantitative estimate of drug-likeness (QED) is 0.773. The minimum atomic E-state index is -1.33. The van der Waals surface area contributed by atoms with E-state index in [1.165, 1.54) is 13.8 Å². The molecule has 1 rings (SSSR count). The number of nitrogens with one attached hydrogen (secondary N) is 2. The van der Waals surface area contributed by atoms with Gasteiger partial charge in [0.05, 0.1) is 6.10 Å². The van der Waals surface area contributed by atoms with Crippen LogP contribution in [0.5, 0.6) is 5.75 Å². The molecule has 1 aromatic carbocycles. The highest BCUT2D eigenvalue weighted by atomic mass is 16.5. The van der Waals surface area contributed by atoms with E-state index in [1.807, 2.05) is 13.8 Å². The van der Waals surface area contributed by atoms with Crippen molar-refractivity contribution in [2.75, 3.05) is 5.32 Å². The van der Waals surface area contributed by atoms with Crippen molar-refractivity contribution >= 4 is 17.7 Å². The second-order valence-electron chi connectivity index (χ2n) is 5.20. The van der Waals surface area contributed by atoms with E-state index in [-0.39, 0.29) is 6.10 Å². The van der Waals surface area contributed by atoms with E-state index in [2.05, 4.69) is 10.6 Å². The first kappa shape index (κ1) is 15.8. The minimum Gasteiger partial charge on any atom is -0.491 e. The number of amides is 2. The van der Waals surface area contributed by atoms with Crippen molar-refractivity contribution in [1.82, 2.24) is 5.32 Å². The van der Waals surface area contributed by atoms with Crippen molar-refractivity contribution in [3.05, 3.63) is 24.3 Å². The number of benzene rings is 1. The Labute approximate surface area is 118 Å². The number of aliphatic carboxylic acids is 1. The Balaban J connectivity index is 2.61. The molecule has 0 heterocycles. The van der Waals surface area contributed by atoms with Gasteiger partial charge in [-0.3, -0.25) is 0 Å². The molecule has 0 saturated carbocycles. The van der Waals surface area contributed by atoms with Crippen LogP contribution in [0.25, 0.3) is 0 Å². The molecule has 0 saturated heterocycles. The maximum Gasteiger partial charge on any atom is 0.328 e. The summed E-state index contributed by atoms with van der Waals surface area (Å²) < 4.78 is 5.48. The van der Waals surface area contributed by atoms with Crippen LogP contribution in [-0.2, 0) is 4.79 Å². The third-order valence-corrected chi connectivity index (χ3v) is 2.44. The van der Waals surface area contributed by atoms with Crippen molar-refractivity contribution in [1.29, 1.82) is 0 Å². The SMILES string of the molecule is CC(C)Oc1ccc(NC(=O)NC(C)(C)C(=O)O)cc1. The summed E-state index contributed by atoms with van der Waals surface area (Å²) in [6.07, 6.45) is 0.0773. The van der Waals surface area contributed by atoms with Gasteiger partial charge in [-0.25, -0.2) is 9.59 Å². The van der Waals surface area contributed by atoms with E-state index in [0.717, 1.165) is 0 Å². The number of carbonyl (C=O) groups excluding carboxylic acids is 1. The average molecular weight is 280 g/mol. The predicted molar refractivity (Wildman–Crippen MR) is 76.1 cm³/mol. The zero-order valence-corrected chi connectivity index (χ0v) is 12.1. The molecule has 0 aliphatic carbocycles. The Bertz CT molecular complexity index is 480. The molecule has 0 spiro atoms. The van der Waals surface area contributed by atoms with Crippen LogP contribution in [-0.4, -0.2) is 28.7 Å². The van der Waals surface area contributed by atoms with Crippen LogP contribution in [0.4, 0.5) is 10.5 Å². The first-order chi connectivity index (χ1) is 9.20. The summed E-state index contributed by atoms with van der Waals surface area (Å²) in [5.41, 5.74) is -0.773. The summed E-state index contributed by atoms with van der Waals surface area (Å²) in [5, 5.41) is 13.9. The van der Waals surface area contributed by atoms with Crippen LogP contribution < -0.4 is 15.4 Å². The Morgan fingerprint density at radius 3 is 2.20 bits per heavy atom. The van der Waals surface area contributed by atoms with Gasteiger partial charge in [0.25, 0.3) is 0 Å². The number of rotatable bonds is 5. The molecular weight excluding hydrogens is 260 g/mol. The molecule has 2 amide bonds. The lowest BCUT2D eigenvalue weighted by molar-refractivity contribution is -0.142. The molecule has 6 heteroatoms. The topological polar surface area (TPSA) is 87.7 Å². The fraction of sp³-hybridized carbons (Fsp3) is 0.429. The van der Waals surface area contributed by atoms with Gasteiger partial charge in [0, 0.05) is 5.69 Å². The average Bonchev–Trinajstić information content (AvgIpc) is 2.30. The third kappa shape index (κ3) is 4.79. The summed E-state index contributed by atoms with van der Waals surface area (Å²) in [5.74, 6) is -0.398. The second kappa shape index (κ2) is 6.27. The van der Waals surface area contributed by atoms with Crippen molar-refractivity contribution in [3.63, 3.8) is 0 Å². The Hall–Kier alpha value is -2.24. The molecule has 6 nitrogen and oxygen atoms in total. The highest BCUT2D eigenvalue weighted by Crippen LogP contribution is 2.17. The molecule has 0 unspecified atom stereocenters. The first-order valence-electron chi connectivity index (χ1n) is 6.30. The van der Waals surface area contributed by atoms with E-state index in [9.17, 15) is 9.59 Å². The number of urea groups is 1. The Kier molecular flexibility index (Phi) is 4.96. The maximum absolute atomic E-state index is 11.7. The predicted octanol–water partition coefficient (Wildman–Crippen LogP) is 2.46. The molecule has 0 aromatic heterocycles. The van der Waals surface area contributed by atoms with Crippen LogP contribution in [0.3, 0.4) is 0 Å². The van der Waals surface area contributed by atoms with E-state index < -0.39 is 17.5 Å². The fourth-order valence-corrected chi connectivity index (χ4v) is 1.39. The molecule has 3 N–H and O–H groups in total. The molecule has 1 aromatic rings. The number of hydrogen-bond donors (Lipinski definition) is 3. The maximum atomic E-state index is 11.7. The standard InChI is InChI=1S/C14H20N2O4/c1-9(2)20-11-7-5-10(6-8-11)15-13(19)16-14(3,4)12(17)18/h5-9H,1-4H3,(H,17,18)(H2,15,16,19). The van der Waals surface area contributed by atoms with Gasteiger partial charge in [0.15, 0.2) is 0 Å². The molecule has 0 fully saturated rings. The highest BCUT2D eigenvalue weighted by Gasteiger charge is 2.28. The van der Waals surface area contributed by atoms with Crippen molar-refractivity contribution in [2.45, 2.75) is 39.3 Å². The monoisotopic (exact) mass is 280 g/mol. The van der Waals surface area contributed by atoms with Crippen molar-refractivity contribution in [2.24, 2.45) is 0 Å². The van der Waals surface area contributed by atoms with Crippen LogP contribution in [0, 0.1) is 0 Å². The summed E-state index contributed by atoms with van der Waals surface area (Å²) >= 11 is 0. The molecule has 110 valence electrons. The van der Waals surface area contributed by atoms with Gasteiger partial charge in [0.2, 0.25) is 0 Å². The molecule has 0 aliphatic rings. The number of anilines is 1. The summed E-state index contributed by atoms with van der Waals surface area (Å²) in [6.45, 7) is 6.67. The van der Waals surface area contributed by atoms with E-state index >= 15 is 0 Å².